The average Bonchev–Trinajstić information content (AvgIpc) is 3.32. The molecule has 0 bridgehead atoms. The SMILES string of the molecule is O=C(Nc1cccc(NC(=O)C2CC2)c1)c1cccc(Br)c1. The van der Waals surface area contributed by atoms with Crippen LogP contribution >= 0.6 is 15.9 Å². The maximum Gasteiger partial charge on any atom is 0.255 e. The topological polar surface area (TPSA) is 58.2 Å². The molecule has 0 radical (unpaired) electrons. The molecular formula is C17H15BrN2O2. The summed E-state index contributed by atoms with van der Waals surface area (Å²) in [4.78, 5) is 24.0. The normalized spacial score (nSPS) is 13.5. The molecule has 2 amide bonds. The quantitative estimate of drug-likeness (QED) is 0.865. The summed E-state index contributed by atoms with van der Waals surface area (Å²) < 4.78 is 0.852. The first-order chi connectivity index (χ1) is 10.6. The Morgan fingerprint density at radius 3 is 2.32 bits per heavy atom. The van der Waals surface area contributed by atoms with E-state index in [-0.39, 0.29) is 17.7 Å². The second kappa shape index (κ2) is 6.32. The van der Waals surface area contributed by atoms with Crippen LogP contribution in [0.1, 0.15) is 23.2 Å². The van der Waals surface area contributed by atoms with Gasteiger partial charge in [-0.15, -0.1) is 0 Å². The van der Waals surface area contributed by atoms with Gasteiger partial charge in [0, 0.05) is 27.3 Å². The van der Waals surface area contributed by atoms with Gasteiger partial charge >= 0.3 is 0 Å². The smallest absolute Gasteiger partial charge is 0.255 e. The van der Waals surface area contributed by atoms with Gasteiger partial charge in [-0.25, -0.2) is 0 Å². The third kappa shape index (κ3) is 3.74. The fourth-order valence-electron chi connectivity index (χ4n) is 2.10. The molecule has 4 nitrogen and oxygen atoms in total. The molecule has 1 fully saturated rings. The third-order valence-electron chi connectivity index (χ3n) is 3.42. The van der Waals surface area contributed by atoms with Crippen LogP contribution in [0.15, 0.2) is 53.0 Å². The van der Waals surface area contributed by atoms with Crippen LogP contribution in [0.2, 0.25) is 0 Å². The first-order valence-electron chi connectivity index (χ1n) is 7.10. The molecule has 1 saturated carbocycles. The lowest BCUT2D eigenvalue weighted by atomic mass is 10.2. The van der Waals surface area contributed by atoms with Gasteiger partial charge in [-0.2, -0.15) is 0 Å². The number of anilines is 2. The number of halogens is 1. The first kappa shape index (κ1) is 14.8. The minimum atomic E-state index is -0.188. The molecule has 0 heterocycles. The number of hydrogen-bond donors (Lipinski definition) is 2. The van der Waals surface area contributed by atoms with Gasteiger partial charge < -0.3 is 10.6 Å². The van der Waals surface area contributed by atoms with Crippen LogP contribution in [0.25, 0.3) is 0 Å². The number of carbonyl (C=O) groups is 2. The minimum Gasteiger partial charge on any atom is -0.326 e. The second-order valence-electron chi connectivity index (χ2n) is 5.31. The molecule has 0 aliphatic heterocycles. The maximum absolute atomic E-state index is 12.2. The third-order valence-corrected chi connectivity index (χ3v) is 3.92. The summed E-state index contributed by atoms with van der Waals surface area (Å²) in [6.07, 6.45) is 1.93. The van der Waals surface area contributed by atoms with Crippen molar-refractivity contribution >= 4 is 39.1 Å². The van der Waals surface area contributed by atoms with Crippen molar-refractivity contribution < 1.29 is 9.59 Å². The van der Waals surface area contributed by atoms with Crippen LogP contribution in [0.5, 0.6) is 0 Å². The highest BCUT2D eigenvalue weighted by Gasteiger charge is 2.29. The standard InChI is InChI=1S/C17H15BrN2O2/c18-13-4-1-3-12(9-13)17(22)20-15-6-2-5-14(10-15)19-16(21)11-7-8-11/h1-6,9-11H,7-8H2,(H,19,21)(H,20,22). The maximum atomic E-state index is 12.2. The van der Waals surface area contributed by atoms with Gasteiger partial charge in [-0.1, -0.05) is 28.1 Å². The molecule has 0 unspecified atom stereocenters. The molecule has 112 valence electrons. The van der Waals surface area contributed by atoms with E-state index in [9.17, 15) is 9.59 Å². The zero-order valence-electron chi connectivity index (χ0n) is 11.8. The number of rotatable bonds is 4. The van der Waals surface area contributed by atoms with E-state index in [1.165, 1.54) is 0 Å². The fourth-order valence-corrected chi connectivity index (χ4v) is 2.50. The summed E-state index contributed by atoms with van der Waals surface area (Å²) in [6.45, 7) is 0. The van der Waals surface area contributed by atoms with Gasteiger partial charge in [0.15, 0.2) is 0 Å². The lowest BCUT2D eigenvalue weighted by Gasteiger charge is -2.09. The Labute approximate surface area is 137 Å². The zero-order chi connectivity index (χ0) is 15.5. The molecule has 1 aliphatic rings. The highest BCUT2D eigenvalue weighted by molar-refractivity contribution is 9.10. The van der Waals surface area contributed by atoms with Crippen LogP contribution in [0.4, 0.5) is 11.4 Å². The van der Waals surface area contributed by atoms with Crippen molar-refractivity contribution in [2.24, 2.45) is 5.92 Å². The highest BCUT2D eigenvalue weighted by atomic mass is 79.9. The Morgan fingerprint density at radius 2 is 1.64 bits per heavy atom. The lowest BCUT2D eigenvalue weighted by molar-refractivity contribution is -0.117. The van der Waals surface area contributed by atoms with Gasteiger partial charge in [0.1, 0.15) is 0 Å². The molecule has 22 heavy (non-hydrogen) atoms. The van der Waals surface area contributed by atoms with E-state index in [0.717, 1.165) is 17.3 Å². The van der Waals surface area contributed by atoms with Crippen molar-refractivity contribution in [3.63, 3.8) is 0 Å². The van der Waals surface area contributed by atoms with Crippen molar-refractivity contribution in [1.29, 1.82) is 0 Å². The van der Waals surface area contributed by atoms with Crippen molar-refractivity contribution in [3.8, 4) is 0 Å². The summed E-state index contributed by atoms with van der Waals surface area (Å²) in [5.74, 6) is 0.0161. The van der Waals surface area contributed by atoms with Crippen LogP contribution in [0.3, 0.4) is 0 Å². The Bertz CT molecular complexity index is 726. The van der Waals surface area contributed by atoms with Crippen molar-refractivity contribution in [2.75, 3.05) is 10.6 Å². The summed E-state index contributed by atoms with van der Waals surface area (Å²) >= 11 is 3.35. The molecule has 0 spiro atoms. The molecule has 0 atom stereocenters. The number of amides is 2. The largest absolute Gasteiger partial charge is 0.326 e. The molecule has 2 aromatic rings. The molecule has 0 aromatic heterocycles. The van der Waals surface area contributed by atoms with Gasteiger partial charge in [-0.05, 0) is 49.2 Å². The Morgan fingerprint density at radius 1 is 0.955 bits per heavy atom. The number of benzene rings is 2. The second-order valence-corrected chi connectivity index (χ2v) is 6.22. The van der Waals surface area contributed by atoms with Crippen LogP contribution in [-0.2, 0) is 4.79 Å². The Kier molecular flexibility index (Phi) is 4.24. The van der Waals surface area contributed by atoms with E-state index >= 15 is 0 Å². The van der Waals surface area contributed by atoms with Crippen LogP contribution in [0, 0.1) is 5.92 Å². The highest BCUT2D eigenvalue weighted by Crippen LogP contribution is 2.30. The predicted molar refractivity (Wildman–Crippen MR) is 89.9 cm³/mol. The molecular weight excluding hydrogens is 344 g/mol. The van der Waals surface area contributed by atoms with Crippen molar-refractivity contribution in [1.82, 2.24) is 0 Å². The van der Waals surface area contributed by atoms with Crippen LogP contribution in [-0.4, -0.2) is 11.8 Å². The van der Waals surface area contributed by atoms with Gasteiger partial charge in [-0.3, -0.25) is 9.59 Å². The molecule has 0 saturated heterocycles. The average molecular weight is 359 g/mol. The number of carbonyl (C=O) groups excluding carboxylic acids is 2. The van der Waals surface area contributed by atoms with E-state index in [1.54, 1.807) is 30.3 Å². The van der Waals surface area contributed by atoms with E-state index in [0.29, 0.717) is 16.9 Å². The van der Waals surface area contributed by atoms with Gasteiger partial charge in [0.05, 0.1) is 0 Å². The van der Waals surface area contributed by atoms with E-state index in [4.69, 9.17) is 0 Å². The predicted octanol–water partition coefficient (Wildman–Crippen LogP) is 4.05. The molecule has 1 aliphatic carbocycles. The van der Waals surface area contributed by atoms with E-state index < -0.39 is 0 Å². The molecule has 2 N–H and O–H groups in total. The first-order valence-corrected chi connectivity index (χ1v) is 7.89. The fraction of sp³-hybridized carbons (Fsp3) is 0.176. The van der Waals surface area contributed by atoms with Gasteiger partial charge in [0.25, 0.3) is 5.91 Å². The van der Waals surface area contributed by atoms with Gasteiger partial charge in [0.2, 0.25) is 5.91 Å². The van der Waals surface area contributed by atoms with Crippen molar-refractivity contribution in [3.05, 3.63) is 58.6 Å². The number of hydrogen-bond acceptors (Lipinski definition) is 2. The number of nitrogens with one attached hydrogen (secondary N) is 2. The van der Waals surface area contributed by atoms with Crippen LogP contribution < -0.4 is 10.6 Å². The van der Waals surface area contributed by atoms with E-state index in [1.807, 2.05) is 18.2 Å². The molecule has 2 aromatic carbocycles. The Balaban J connectivity index is 1.69. The monoisotopic (exact) mass is 358 g/mol. The summed E-state index contributed by atoms with van der Waals surface area (Å²) in [5, 5.41) is 5.70. The van der Waals surface area contributed by atoms with Crippen molar-refractivity contribution in [2.45, 2.75) is 12.8 Å². The lowest BCUT2D eigenvalue weighted by Crippen LogP contribution is -2.14. The Hall–Kier alpha value is -2.14. The zero-order valence-corrected chi connectivity index (χ0v) is 13.4. The van der Waals surface area contributed by atoms with E-state index in [2.05, 4.69) is 26.6 Å². The minimum absolute atomic E-state index is 0.0514. The summed E-state index contributed by atoms with van der Waals surface area (Å²) in [7, 11) is 0. The summed E-state index contributed by atoms with van der Waals surface area (Å²) in [5.41, 5.74) is 1.92. The molecule has 3 rings (SSSR count). The molecule has 5 heteroatoms. The summed E-state index contributed by atoms with van der Waals surface area (Å²) in [6, 6.07) is 14.4.